The van der Waals surface area contributed by atoms with Crippen molar-refractivity contribution in [2.45, 2.75) is 26.2 Å². The Hall–Kier alpha value is -0.550. The predicted octanol–water partition coefficient (Wildman–Crippen LogP) is 3.28. The van der Waals surface area contributed by atoms with Crippen LogP contribution in [0.4, 0.5) is 0 Å². The molecule has 1 rings (SSSR count). The number of unbranched alkanes of at least 4 members (excludes halogenated alkanes) is 1. The monoisotopic (exact) mass is 210 g/mol. The molecule has 1 aromatic rings. The molecule has 0 atom stereocenters. The van der Waals surface area contributed by atoms with Crippen molar-refractivity contribution in [1.29, 1.82) is 0 Å². The molecule has 0 radical (unpaired) electrons. The van der Waals surface area contributed by atoms with Crippen LogP contribution in [-0.2, 0) is 11.0 Å². The number of aryl methyl sites for hydroxylation is 1. The van der Waals surface area contributed by atoms with Crippen molar-refractivity contribution in [1.82, 2.24) is 0 Å². The summed E-state index contributed by atoms with van der Waals surface area (Å²) in [7, 11) is -2.10. The molecule has 0 spiro atoms. The molecule has 0 aliphatic heterocycles. The highest BCUT2D eigenvalue weighted by molar-refractivity contribution is 7.70. The lowest BCUT2D eigenvalue weighted by atomic mass is 10.1. The second kappa shape index (κ2) is 4.79. The molecule has 0 aliphatic carbocycles. The van der Waals surface area contributed by atoms with Crippen molar-refractivity contribution in [3.63, 3.8) is 0 Å². The summed E-state index contributed by atoms with van der Waals surface area (Å²) in [5.41, 5.74) is 1.27. The van der Waals surface area contributed by atoms with Crippen LogP contribution in [0.2, 0.25) is 0 Å². The van der Waals surface area contributed by atoms with Gasteiger partial charge < -0.3 is 4.57 Å². The van der Waals surface area contributed by atoms with Gasteiger partial charge in [-0.05, 0) is 31.7 Å². The van der Waals surface area contributed by atoms with Crippen LogP contribution in [0.15, 0.2) is 24.3 Å². The van der Waals surface area contributed by atoms with E-state index in [-0.39, 0.29) is 0 Å². The lowest BCUT2D eigenvalue weighted by molar-refractivity contribution is 0.588. The zero-order chi connectivity index (χ0) is 10.6. The van der Waals surface area contributed by atoms with Gasteiger partial charge in [0.15, 0.2) is 0 Å². The molecule has 0 aliphatic rings. The summed E-state index contributed by atoms with van der Waals surface area (Å²) in [6.45, 7) is 5.87. The Morgan fingerprint density at radius 2 is 1.86 bits per heavy atom. The molecule has 1 aromatic carbocycles. The molecule has 0 amide bonds. The molecule has 0 unspecified atom stereocenters. The Morgan fingerprint density at radius 1 is 1.21 bits per heavy atom. The van der Waals surface area contributed by atoms with Gasteiger partial charge in [0.05, 0.1) is 0 Å². The van der Waals surface area contributed by atoms with Gasteiger partial charge in [0, 0.05) is 5.30 Å². The summed E-state index contributed by atoms with van der Waals surface area (Å²) in [6, 6.07) is 8.12. The molecular formula is C12H19OP. The predicted molar refractivity (Wildman–Crippen MR) is 64.1 cm³/mol. The topological polar surface area (TPSA) is 17.1 Å². The van der Waals surface area contributed by atoms with Crippen LogP contribution in [0.25, 0.3) is 0 Å². The number of hydrogen-bond acceptors (Lipinski definition) is 1. The van der Waals surface area contributed by atoms with E-state index < -0.39 is 7.14 Å². The van der Waals surface area contributed by atoms with E-state index in [0.717, 1.165) is 11.7 Å². The summed E-state index contributed by atoms with van der Waals surface area (Å²) in [5.74, 6) is 0. The molecule has 0 fully saturated rings. The maximum atomic E-state index is 12.0. The zero-order valence-corrected chi connectivity index (χ0v) is 10.2. The van der Waals surface area contributed by atoms with Gasteiger partial charge in [-0.2, -0.15) is 0 Å². The van der Waals surface area contributed by atoms with Crippen molar-refractivity contribution in [3.8, 4) is 0 Å². The second-order valence-corrected chi connectivity index (χ2v) is 7.27. The second-order valence-electron chi connectivity index (χ2n) is 4.08. The van der Waals surface area contributed by atoms with Gasteiger partial charge >= 0.3 is 0 Å². The molecule has 2 heteroatoms. The molecule has 0 bridgehead atoms. The first-order valence-electron chi connectivity index (χ1n) is 5.19. The van der Waals surface area contributed by atoms with E-state index in [0.29, 0.717) is 0 Å². The average Bonchev–Trinajstić information content (AvgIpc) is 2.14. The van der Waals surface area contributed by atoms with Crippen LogP contribution in [0, 0.1) is 0 Å². The Labute approximate surface area is 86.9 Å². The van der Waals surface area contributed by atoms with Crippen LogP contribution >= 0.6 is 7.14 Å². The molecule has 1 nitrogen and oxygen atoms in total. The molecule has 0 saturated heterocycles. The van der Waals surface area contributed by atoms with Crippen molar-refractivity contribution >= 4 is 12.4 Å². The van der Waals surface area contributed by atoms with E-state index >= 15 is 0 Å². The first-order valence-corrected chi connectivity index (χ1v) is 7.79. The fourth-order valence-electron chi connectivity index (χ4n) is 1.61. The van der Waals surface area contributed by atoms with Crippen molar-refractivity contribution < 1.29 is 4.57 Å². The average molecular weight is 210 g/mol. The lowest BCUT2D eigenvalue weighted by Gasteiger charge is -2.12. The smallest absolute Gasteiger partial charge is 0.110 e. The Bertz CT molecular complexity index is 338. The molecule has 0 N–H and O–H groups in total. The minimum atomic E-state index is -2.10. The first kappa shape index (κ1) is 11.5. The number of hydrogen-bond donors (Lipinski definition) is 0. The summed E-state index contributed by atoms with van der Waals surface area (Å²) in [6.07, 6.45) is 3.42. The third-order valence-electron chi connectivity index (χ3n) is 2.37. The minimum Gasteiger partial charge on any atom is -0.319 e. The minimum absolute atomic E-state index is 1.05. The highest BCUT2D eigenvalue weighted by Gasteiger charge is 2.14. The fraction of sp³-hybridized carbons (Fsp3) is 0.500. The number of benzene rings is 1. The zero-order valence-electron chi connectivity index (χ0n) is 9.29. The molecular weight excluding hydrogens is 191 g/mol. The van der Waals surface area contributed by atoms with Crippen LogP contribution < -0.4 is 5.30 Å². The quantitative estimate of drug-likeness (QED) is 0.697. The number of rotatable bonds is 4. The fourth-order valence-corrected chi connectivity index (χ4v) is 2.94. The van der Waals surface area contributed by atoms with Gasteiger partial charge in [0.2, 0.25) is 0 Å². The third-order valence-corrected chi connectivity index (χ3v) is 3.97. The van der Waals surface area contributed by atoms with E-state index in [4.69, 9.17) is 0 Å². The van der Waals surface area contributed by atoms with E-state index in [1.54, 1.807) is 0 Å². The largest absolute Gasteiger partial charge is 0.319 e. The van der Waals surface area contributed by atoms with Crippen LogP contribution in [0.3, 0.4) is 0 Å². The van der Waals surface area contributed by atoms with Crippen LogP contribution in [0.1, 0.15) is 25.3 Å². The van der Waals surface area contributed by atoms with E-state index in [1.807, 2.05) is 31.5 Å². The Balaban J connectivity index is 2.98. The van der Waals surface area contributed by atoms with Gasteiger partial charge in [-0.15, -0.1) is 0 Å². The molecule has 0 aromatic heterocycles. The molecule has 0 heterocycles. The third kappa shape index (κ3) is 2.99. The maximum absolute atomic E-state index is 12.0. The lowest BCUT2D eigenvalue weighted by Crippen LogP contribution is -2.09. The molecule has 0 saturated carbocycles. The van der Waals surface area contributed by atoms with E-state index in [2.05, 4.69) is 13.0 Å². The van der Waals surface area contributed by atoms with Crippen molar-refractivity contribution in [3.05, 3.63) is 29.8 Å². The maximum Gasteiger partial charge on any atom is 0.110 e. The molecule has 14 heavy (non-hydrogen) atoms. The van der Waals surface area contributed by atoms with Gasteiger partial charge in [0.1, 0.15) is 7.14 Å². The highest BCUT2D eigenvalue weighted by Crippen LogP contribution is 2.36. The SMILES string of the molecule is CCCCc1ccccc1P(C)(C)=O. The normalized spacial score (nSPS) is 11.6. The Morgan fingerprint density at radius 3 is 2.43 bits per heavy atom. The summed E-state index contributed by atoms with van der Waals surface area (Å²) in [4.78, 5) is 0. The van der Waals surface area contributed by atoms with E-state index in [1.165, 1.54) is 18.4 Å². The van der Waals surface area contributed by atoms with Crippen LogP contribution in [0.5, 0.6) is 0 Å². The van der Waals surface area contributed by atoms with Gasteiger partial charge in [-0.1, -0.05) is 37.6 Å². The van der Waals surface area contributed by atoms with Gasteiger partial charge in [-0.3, -0.25) is 0 Å². The van der Waals surface area contributed by atoms with Crippen molar-refractivity contribution in [2.24, 2.45) is 0 Å². The summed E-state index contributed by atoms with van der Waals surface area (Å²) < 4.78 is 12.0. The summed E-state index contributed by atoms with van der Waals surface area (Å²) in [5, 5.41) is 1.06. The Kier molecular flexibility index (Phi) is 3.95. The van der Waals surface area contributed by atoms with Crippen molar-refractivity contribution in [2.75, 3.05) is 13.3 Å². The van der Waals surface area contributed by atoms with Gasteiger partial charge in [-0.25, -0.2) is 0 Å². The van der Waals surface area contributed by atoms with Crippen LogP contribution in [-0.4, -0.2) is 13.3 Å². The standard InChI is InChI=1S/C12H19OP/c1-4-5-8-11-9-6-7-10-12(11)14(2,3)13/h6-7,9-10H,4-5,8H2,1-3H3. The summed E-state index contributed by atoms with van der Waals surface area (Å²) >= 11 is 0. The molecule has 78 valence electrons. The van der Waals surface area contributed by atoms with Gasteiger partial charge in [0.25, 0.3) is 0 Å². The van der Waals surface area contributed by atoms with E-state index in [9.17, 15) is 4.57 Å². The highest BCUT2D eigenvalue weighted by atomic mass is 31.2. The first-order chi connectivity index (χ1) is 6.55.